The average Bonchev–Trinajstić information content (AvgIpc) is 2.32. The van der Waals surface area contributed by atoms with E-state index in [2.05, 4.69) is 25.7 Å². The van der Waals surface area contributed by atoms with Crippen LogP contribution in [-0.4, -0.2) is 6.54 Å². The van der Waals surface area contributed by atoms with Crippen molar-refractivity contribution in [3.63, 3.8) is 0 Å². The minimum absolute atomic E-state index is 0.132. The Balaban J connectivity index is 2.88. The SMILES string of the molecule is C=C(CC)CC(NCC)c1ccc(C)c(F)c1. The van der Waals surface area contributed by atoms with Gasteiger partial charge in [0.15, 0.2) is 0 Å². The van der Waals surface area contributed by atoms with E-state index in [0.717, 1.165) is 24.9 Å². The minimum atomic E-state index is -0.132. The van der Waals surface area contributed by atoms with Crippen LogP contribution in [0.1, 0.15) is 43.9 Å². The lowest BCUT2D eigenvalue weighted by Crippen LogP contribution is -2.21. The van der Waals surface area contributed by atoms with E-state index in [0.29, 0.717) is 5.56 Å². The lowest BCUT2D eigenvalue weighted by molar-refractivity contribution is 0.535. The van der Waals surface area contributed by atoms with Gasteiger partial charge in [0, 0.05) is 6.04 Å². The zero-order valence-corrected chi connectivity index (χ0v) is 11.0. The van der Waals surface area contributed by atoms with Gasteiger partial charge >= 0.3 is 0 Å². The van der Waals surface area contributed by atoms with Crippen LogP contribution in [0.4, 0.5) is 4.39 Å². The van der Waals surface area contributed by atoms with Crippen LogP contribution in [0.2, 0.25) is 0 Å². The molecule has 94 valence electrons. The van der Waals surface area contributed by atoms with E-state index in [9.17, 15) is 4.39 Å². The molecular formula is C15H22FN. The number of hydrogen-bond acceptors (Lipinski definition) is 1. The fourth-order valence-corrected chi connectivity index (χ4v) is 1.81. The summed E-state index contributed by atoms with van der Waals surface area (Å²) in [5.74, 6) is -0.132. The molecule has 1 aromatic carbocycles. The Hall–Kier alpha value is -1.15. The van der Waals surface area contributed by atoms with Gasteiger partial charge in [0.2, 0.25) is 0 Å². The molecule has 0 fully saturated rings. The Morgan fingerprint density at radius 3 is 2.65 bits per heavy atom. The third kappa shape index (κ3) is 3.97. The highest BCUT2D eigenvalue weighted by Crippen LogP contribution is 2.23. The maximum absolute atomic E-state index is 13.5. The Labute approximate surface area is 104 Å². The molecule has 0 aliphatic heterocycles. The van der Waals surface area contributed by atoms with Crippen molar-refractivity contribution in [3.8, 4) is 0 Å². The van der Waals surface area contributed by atoms with Gasteiger partial charge in [0.25, 0.3) is 0 Å². The Bertz CT molecular complexity index is 385. The highest BCUT2D eigenvalue weighted by Gasteiger charge is 2.12. The van der Waals surface area contributed by atoms with Gasteiger partial charge in [-0.2, -0.15) is 0 Å². The summed E-state index contributed by atoms with van der Waals surface area (Å²) >= 11 is 0. The highest BCUT2D eigenvalue weighted by atomic mass is 19.1. The predicted octanol–water partition coefficient (Wildman–Crippen LogP) is 4.14. The van der Waals surface area contributed by atoms with Crippen LogP contribution >= 0.6 is 0 Å². The van der Waals surface area contributed by atoms with E-state index in [1.54, 1.807) is 13.0 Å². The maximum Gasteiger partial charge on any atom is 0.126 e. The van der Waals surface area contributed by atoms with Gasteiger partial charge in [0.1, 0.15) is 5.82 Å². The number of benzene rings is 1. The van der Waals surface area contributed by atoms with Gasteiger partial charge in [-0.25, -0.2) is 4.39 Å². The fourth-order valence-electron chi connectivity index (χ4n) is 1.81. The zero-order valence-electron chi connectivity index (χ0n) is 11.0. The molecule has 2 heteroatoms. The van der Waals surface area contributed by atoms with Crippen molar-refractivity contribution in [3.05, 3.63) is 47.3 Å². The van der Waals surface area contributed by atoms with Gasteiger partial charge in [-0.3, -0.25) is 0 Å². The smallest absolute Gasteiger partial charge is 0.126 e. The van der Waals surface area contributed by atoms with Gasteiger partial charge < -0.3 is 5.32 Å². The standard InChI is InChI=1S/C15H22FN/c1-5-11(3)9-15(17-6-2)13-8-7-12(4)14(16)10-13/h7-8,10,15,17H,3,5-6,9H2,1-2,4H3. The third-order valence-corrected chi connectivity index (χ3v) is 3.04. The lowest BCUT2D eigenvalue weighted by atomic mass is 9.97. The van der Waals surface area contributed by atoms with Crippen molar-refractivity contribution in [1.82, 2.24) is 5.32 Å². The molecule has 1 N–H and O–H groups in total. The molecule has 0 heterocycles. The van der Waals surface area contributed by atoms with Crippen molar-refractivity contribution in [2.24, 2.45) is 0 Å². The Morgan fingerprint density at radius 1 is 1.41 bits per heavy atom. The van der Waals surface area contributed by atoms with Crippen LogP contribution in [0.25, 0.3) is 0 Å². The molecule has 1 nitrogen and oxygen atoms in total. The highest BCUT2D eigenvalue weighted by molar-refractivity contribution is 5.26. The van der Waals surface area contributed by atoms with Gasteiger partial charge in [-0.15, -0.1) is 0 Å². The van der Waals surface area contributed by atoms with Crippen LogP contribution in [0.5, 0.6) is 0 Å². The summed E-state index contributed by atoms with van der Waals surface area (Å²) in [4.78, 5) is 0. The van der Waals surface area contributed by atoms with E-state index in [1.165, 1.54) is 5.57 Å². The fraction of sp³-hybridized carbons (Fsp3) is 0.467. The first-order valence-electron chi connectivity index (χ1n) is 6.24. The van der Waals surface area contributed by atoms with Gasteiger partial charge in [0.05, 0.1) is 0 Å². The van der Waals surface area contributed by atoms with Gasteiger partial charge in [-0.05, 0) is 43.5 Å². The third-order valence-electron chi connectivity index (χ3n) is 3.04. The first-order chi connectivity index (χ1) is 8.08. The van der Waals surface area contributed by atoms with E-state index in [1.807, 2.05) is 12.1 Å². The monoisotopic (exact) mass is 235 g/mol. The molecule has 1 atom stereocenters. The van der Waals surface area contributed by atoms with Crippen LogP contribution in [-0.2, 0) is 0 Å². The van der Waals surface area contributed by atoms with Crippen LogP contribution in [0, 0.1) is 12.7 Å². The number of aryl methyl sites for hydroxylation is 1. The largest absolute Gasteiger partial charge is 0.310 e. The van der Waals surface area contributed by atoms with Crippen molar-refractivity contribution >= 4 is 0 Å². The summed E-state index contributed by atoms with van der Waals surface area (Å²) in [5, 5.41) is 3.38. The quantitative estimate of drug-likeness (QED) is 0.731. The van der Waals surface area contributed by atoms with Crippen LogP contribution in [0.3, 0.4) is 0 Å². The van der Waals surface area contributed by atoms with Crippen molar-refractivity contribution in [2.45, 2.75) is 39.7 Å². The lowest BCUT2D eigenvalue weighted by Gasteiger charge is -2.19. The number of halogens is 1. The second-order valence-electron chi connectivity index (χ2n) is 4.43. The number of rotatable bonds is 6. The zero-order chi connectivity index (χ0) is 12.8. The molecule has 17 heavy (non-hydrogen) atoms. The van der Waals surface area contributed by atoms with E-state index < -0.39 is 0 Å². The summed E-state index contributed by atoms with van der Waals surface area (Å²) in [5.41, 5.74) is 2.89. The molecule has 0 amide bonds. The van der Waals surface area contributed by atoms with Crippen molar-refractivity contribution in [2.75, 3.05) is 6.54 Å². The molecule has 0 aliphatic rings. The number of nitrogens with one attached hydrogen (secondary N) is 1. The topological polar surface area (TPSA) is 12.0 Å². The van der Waals surface area contributed by atoms with Gasteiger partial charge in [-0.1, -0.05) is 38.1 Å². The van der Waals surface area contributed by atoms with E-state index in [-0.39, 0.29) is 11.9 Å². The van der Waals surface area contributed by atoms with Crippen molar-refractivity contribution in [1.29, 1.82) is 0 Å². The molecule has 0 aliphatic carbocycles. The summed E-state index contributed by atoms with van der Waals surface area (Å²) in [6.45, 7) is 10.8. The molecule has 1 aromatic rings. The Kier molecular flexibility index (Phi) is 5.36. The molecular weight excluding hydrogens is 213 g/mol. The second kappa shape index (κ2) is 6.55. The second-order valence-corrected chi connectivity index (χ2v) is 4.43. The molecule has 1 unspecified atom stereocenters. The van der Waals surface area contributed by atoms with E-state index >= 15 is 0 Å². The summed E-state index contributed by atoms with van der Waals surface area (Å²) in [6.07, 6.45) is 1.84. The molecule has 0 radical (unpaired) electrons. The summed E-state index contributed by atoms with van der Waals surface area (Å²) < 4.78 is 13.5. The molecule has 0 saturated carbocycles. The van der Waals surface area contributed by atoms with E-state index in [4.69, 9.17) is 0 Å². The molecule has 0 aromatic heterocycles. The minimum Gasteiger partial charge on any atom is -0.310 e. The first-order valence-corrected chi connectivity index (χ1v) is 6.24. The first kappa shape index (κ1) is 13.9. The average molecular weight is 235 g/mol. The van der Waals surface area contributed by atoms with Crippen molar-refractivity contribution < 1.29 is 4.39 Å². The molecule has 1 rings (SSSR count). The maximum atomic E-state index is 13.5. The normalized spacial score (nSPS) is 12.5. The summed E-state index contributed by atoms with van der Waals surface area (Å²) in [7, 11) is 0. The van der Waals surface area contributed by atoms with Crippen LogP contribution in [0.15, 0.2) is 30.4 Å². The molecule has 0 saturated heterocycles. The predicted molar refractivity (Wildman–Crippen MR) is 71.6 cm³/mol. The molecule has 0 bridgehead atoms. The molecule has 0 spiro atoms. The number of hydrogen-bond donors (Lipinski definition) is 1. The summed E-state index contributed by atoms with van der Waals surface area (Å²) in [6, 6.07) is 5.63. The van der Waals surface area contributed by atoms with Crippen LogP contribution < -0.4 is 5.32 Å². The Morgan fingerprint density at radius 2 is 2.12 bits per heavy atom.